The molecule has 1 N–H and O–H groups in total. The molecule has 10 heteroatoms. The predicted molar refractivity (Wildman–Crippen MR) is 65.0 cm³/mol. The Bertz CT molecular complexity index is 573. The zero-order valence-corrected chi connectivity index (χ0v) is 11.3. The van der Waals surface area contributed by atoms with Crippen molar-refractivity contribution in [3.8, 4) is 0 Å². The predicted octanol–water partition coefficient (Wildman–Crippen LogP) is 2.04. The minimum Gasteiger partial charge on any atom is -0.395 e. The molecule has 21 heavy (non-hydrogen) atoms. The van der Waals surface area contributed by atoms with Gasteiger partial charge in [-0.15, -0.1) is 0 Å². The molecule has 0 aliphatic carbocycles. The Morgan fingerprint density at radius 2 is 1.76 bits per heavy atom. The van der Waals surface area contributed by atoms with Crippen LogP contribution in [-0.4, -0.2) is 45.2 Å². The molecule has 0 aromatic heterocycles. The lowest BCUT2D eigenvalue weighted by molar-refractivity contribution is -0.119. The number of benzene rings is 1. The first-order chi connectivity index (χ1) is 9.59. The van der Waals surface area contributed by atoms with Gasteiger partial charge in [0.25, 0.3) is 0 Å². The van der Waals surface area contributed by atoms with Gasteiger partial charge in [0.05, 0.1) is 17.2 Å². The number of para-hydroxylation sites is 1. The molecule has 0 radical (unpaired) electrons. The average Bonchev–Trinajstić information content (AvgIpc) is 2.36. The minimum atomic E-state index is -5.05. The maximum atomic E-state index is 12.6. The molecule has 0 aliphatic rings. The Kier molecular flexibility index (Phi) is 5.51. The highest BCUT2D eigenvalue weighted by Crippen LogP contribution is 2.31. The molecule has 1 aromatic rings. The van der Waals surface area contributed by atoms with E-state index in [1.807, 2.05) is 0 Å². The Hall–Kier alpha value is -1.42. The second-order valence-electron chi connectivity index (χ2n) is 4.03. The highest BCUT2D eigenvalue weighted by molar-refractivity contribution is 7.91. The Morgan fingerprint density at radius 3 is 2.24 bits per heavy atom. The van der Waals surface area contributed by atoms with Crippen LogP contribution in [0.25, 0.3) is 0 Å². The number of rotatable bonds is 6. The highest BCUT2D eigenvalue weighted by atomic mass is 32.2. The van der Waals surface area contributed by atoms with E-state index in [1.165, 1.54) is 6.07 Å². The lowest BCUT2D eigenvalue weighted by Crippen LogP contribution is -2.37. The molecule has 4 nitrogen and oxygen atoms in total. The summed E-state index contributed by atoms with van der Waals surface area (Å²) in [6.07, 6.45) is -4.68. The van der Waals surface area contributed by atoms with Gasteiger partial charge >= 0.3 is 11.9 Å². The third-order valence-corrected chi connectivity index (χ3v) is 3.91. The fourth-order valence-electron chi connectivity index (χ4n) is 1.68. The topological polar surface area (TPSA) is 57.6 Å². The van der Waals surface area contributed by atoms with Crippen LogP contribution in [0.2, 0.25) is 0 Å². The maximum Gasteiger partial charge on any atom is 0.405 e. The van der Waals surface area contributed by atoms with E-state index < -0.39 is 52.1 Å². The lowest BCUT2D eigenvalue weighted by Gasteiger charge is -2.27. The van der Waals surface area contributed by atoms with Gasteiger partial charge in [-0.1, -0.05) is 12.1 Å². The molecule has 0 spiro atoms. The number of anilines is 1. The quantitative estimate of drug-likeness (QED) is 0.810. The van der Waals surface area contributed by atoms with Gasteiger partial charge in [-0.3, -0.25) is 0 Å². The zero-order chi connectivity index (χ0) is 16.3. The van der Waals surface area contributed by atoms with Crippen LogP contribution in [0.1, 0.15) is 0 Å². The third kappa shape index (κ3) is 4.53. The summed E-state index contributed by atoms with van der Waals surface area (Å²) in [4.78, 5) is -0.410. The molecule has 120 valence electrons. The van der Waals surface area contributed by atoms with Gasteiger partial charge in [-0.2, -0.15) is 22.0 Å². The van der Waals surface area contributed by atoms with Gasteiger partial charge in [0.1, 0.15) is 6.54 Å². The van der Waals surface area contributed by atoms with Crippen molar-refractivity contribution >= 4 is 15.5 Å². The largest absolute Gasteiger partial charge is 0.405 e. The van der Waals surface area contributed by atoms with Crippen molar-refractivity contribution in [3.63, 3.8) is 0 Å². The number of alkyl halides is 5. The van der Waals surface area contributed by atoms with Crippen molar-refractivity contribution in [3.05, 3.63) is 24.3 Å². The number of hydrogen-bond donors (Lipinski definition) is 1. The standard InChI is InChI=1S/C11H12F5NO3S/c12-10(13)21(19,20)9-4-2-1-3-8(9)17(5-6-18)7-11(14,15)16/h1-4,10,18H,5-7H2. The molecule has 0 aliphatic heterocycles. The molecular weight excluding hydrogens is 321 g/mol. The summed E-state index contributed by atoms with van der Waals surface area (Å²) >= 11 is 0. The van der Waals surface area contributed by atoms with Gasteiger partial charge in [-0.05, 0) is 12.1 Å². The summed E-state index contributed by atoms with van der Waals surface area (Å²) < 4.78 is 85.6. The Balaban J connectivity index is 3.33. The smallest absolute Gasteiger partial charge is 0.395 e. The number of aliphatic hydroxyl groups is 1. The van der Waals surface area contributed by atoms with E-state index in [-0.39, 0.29) is 0 Å². The second-order valence-corrected chi connectivity index (χ2v) is 5.92. The molecule has 1 rings (SSSR count). The number of aliphatic hydroxyl groups excluding tert-OH is 1. The molecular formula is C11H12F5NO3S. The van der Waals surface area contributed by atoms with Crippen molar-refractivity contribution in [1.29, 1.82) is 0 Å². The molecule has 0 saturated carbocycles. The monoisotopic (exact) mass is 333 g/mol. The lowest BCUT2D eigenvalue weighted by atomic mass is 10.3. The van der Waals surface area contributed by atoms with Crippen LogP contribution in [0.15, 0.2) is 29.2 Å². The van der Waals surface area contributed by atoms with Crippen molar-refractivity contribution in [2.24, 2.45) is 0 Å². The summed E-state index contributed by atoms with van der Waals surface area (Å²) in [5.74, 6) is -3.75. The van der Waals surface area contributed by atoms with E-state index >= 15 is 0 Å². The summed E-state index contributed by atoms with van der Waals surface area (Å²) in [6.45, 7) is -2.81. The van der Waals surface area contributed by atoms with Gasteiger partial charge in [0.2, 0.25) is 9.84 Å². The second kappa shape index (κ2) is 6.56. The highest BCUT2D eigenvalue weighted by Gasteiger charge is 2.35. The van der Waals surface area contributed by atoms with E-state index in [2.05, 4.69) is 0 Å². The van der Waals surface area contributed by atoms with Crippen molar-refractivity contribution in [2.45, 2.75) is 16.8 Å². The fourth-order valence-corrected chi connectivity index (χ4v) is 2.63. The Labute approximate surface area is 117 Å². The first-order valence-electron chi connectivity index (χ1n) is 5.63. The summed E-state index contributed by atoms with van der Waals surface area (Å²) in [5, 5.41) is 8.79. The van der Waals surface area contributed by atoms with E-state index in [1.54, 1.807) is 0 Å². The number of halogens is 5. The van der Waals surface area contributed by atoms with E-state index in [9.17, 15) is 30.4 Å². The number of nitrogens with zero attached hydrogens (tertiary/aromatic N) is 1. The molecule has 0 bridgehead atoms. The van der Waals surface area contributed by atoms with Crippen LogP contribution >= 0.6 is 0 Å². The normalized spacial score (nSPS) is 12.7. The molecule has 0 amide bonds. The van der Waals surface area contributed by atoms with Gasteiger partial charge in [0, 0.05) is 6.54 Å². The van der Waals surface area contributed by atoms with Gasteiger partial charge in [-0.25, -0.2) is 8.42 Å². The average molecular weight is 333 g/mol. The minimum absolute atomic E-state index is 0.495. The van der Waals surface area contributed by atoms with Crippen LogP contribution in [0.5, 0.6) is 0 Å². The molecule has 0 unspecified atom stereocenters. The van der Waals surface area contributed by atoms with Crippen molar-refractivity contribution in [2.75, 3.05) is 24.6 Å². The SMILES string of the molecule is O=S(=O)(c1ccccc1N(CCO)CC(F)(F)F)C(F)F. The Morgan fingerprint density at radius 1 is 1.19 bits per heavy atom. The van der Waals surface area contributed by atoms with Crippen molar-refractivity contribution in [1.82, 2.24) is 0 Å². The zero-order valence-electron chi connectivity index (χ0n) is 10.5. The first kappa shape index (κ1) is 17.6. The van der Waals surface area contributed by atoms with Gasteiger partial charge in [0.15, 0.2) is 0 Å². The third-order valence-electron chi connectivity index (χ3n) is 2.49. The molecule has 0 atom stereocenters. The van der Waals surface area contributed by atoms with Crippen LogP contribution in [-0.2, 0) is 9.84 Å². The number of hydrogen-bond acceptors (Lipinski definition) is 4. The summed E-state index contributed by atoms with van der Waals surface area (Å²) in [7, 11) is -5.05. The first-order valence-corrected chi connectivity index (χ1v) is 7.18. The number of sulfone groups is 1. The van der Waals surface area contributed by atoms with Crippen LogP contribution < -0.4 is 4.90 Å². The van der Waals surface area contributed by atoms with E-state index in [0.717, 1.165) is 18.2 Å². The van der Waals surface area contributed by atoms with E-state index in [0.29, 0.717) is 4.90 Å². The maximum absolute atomic E-state index is 12.6. The fraction of sp³-hybridized carbons (Fsp3) is 0.455. The molecule has 0 fully saturated rings. The summed E-state index contributed by atoms with van der Waals surface area (Å²) in [6, 6.07) is 4.14. The van der Waals surface area contributed by atoms with Crippen LogP contribution in [0, 0.1) is 0 Å². The molecule has 1 aromatic carbocycles. The molecule has 0 heterocycles. The van der Waals surface area contributed by atoms with Crippen LogP contribution in [0.4, 0.5) is 27.6 Å². The van der Waals surface area contributed by atoms with Crippen molar-refractivity contribution < 1.29 is 35.5 Å². The molecule has 0 saturated heterocycles. The van der Waals surface area contributed by atoms with Crippen LogP contribution in [0.3, 0.4) is 0 Å². The van der Waals surface area contributed by atoms with Gasteiger partial charge < -0.3 is 10.0 Å². The van der Waals surface area contributed by atoms with E-state index in [4.69, 9.17) is 5.11 Å². The summed E-state index contributed by atoms with van der Waals surface area (Å²) in [5.41, 5.74) is -0.524.